The number of hydrogen-bond acceptors (Lipinski definition) is 3. The number of rotatable bonds is 1. The molecule has 1 heterocycles. The Hall–Kier alpha value is -2.48. The zero-order valence-electron chi connectivity index (χ0n) is 10.5. The van der Waals surface area contributed by atoms with Gasteiger partial charge in [-0.05, 0) is 25.0 Å². The standard InChI is InChI=1S/C15H11FN2O2/c16-12-6-3-7-13(11(12)8-17)18-14(19)9-4-1-2-5-10(9)15(18)20/h1-3,6-7,9-10H,4-5H2/t9-,10+. The van der Waals surface area contributed by atoms with Crippen molar-refractivity contribution < 1.29 is 14.0 Å². The highest BCUT2D eigenvalue weighted by Gasteiger charge is 2.48. The van der Waals surface area contributed by atoms with Crippen molar-refractivity contribution >= 4 is 17.5 Å². The van der Waals surface area contributed by atoms with Gasteiger partial charge in [0, 0.05) is 0 Å². The predicted octanol–water partition coefficient (Wildman–Crippen LogP) is 2.15. The van der Waals surface area contributed by atoms with Gasteiger partial charge in [0.05, 0.1) is 17.5 Å². The lowest BCUT2D eigenvalue weighted by molar-refractivity contribution is -0.122. The number of imide groups is 1. The van der Waals surface area contributed by atoms with E-state index < -0.39 is 5.82 Å². The Balaban J connectivity index is 2.08. The minimum absolute atomic E-state index is 0.0527. The van der Waals surface area contributed by atoms with Crippen molar-refractivity contribution in [1.29, 1.82) is 5.26 Å². The van der Waals surface area contributed by atoms with Gasteiger partial charge >= 0.3 is 0 Å². The van der Waals surface area contributed by atoms with Crippen molar-refractivity contribution in [1.82, 2.24) is 0 Å². The fraction of sp³-hybridized carbons (Fsp3) is 0.267. The van der Waals surface area contributed by atoms with Crippen LogP contribution in [0.2, 0.25) is 0 Å². The van der Waals surface area contributed by atoms with E-state index in [0.717, 1.165) is 11.0 Å². The highest BCUT2D eigenvalue weighted by Crippen LogP contribution is 2.38. The van der Waals surface area contributed by atoms with Gasteiger partial charge in [0.25, 0.3) is 0 Å². The molecule has 0 N–H and O–H groups in total. The molecule has 1 fully saturated rings. The summed E-state index contributed by atoms with van der Waals surface area (Å²) in [5.74, 6) is -2.18. The molecule has 2 aliphatic rings. The number of allylic oxidation sites excluding steroid dienone is 2. The molecule has 3 rings (SSSR count). The van der Waals surface area contributed by atoms with E-state index in [1.165, 1.54) is 12.1 Å². The summed E-state index contributed by atoms with van der Waals surface area (Å²) in [5.41, 5.74) is -0.210. The third-order valence-corrected chi connectivity index (χ3v) is 3.85. The summed E-state index contributed by atoms with van der Waals surface area (Å²) in [5, 5.41) is 9.04. The van der Waals surface area contributed by atoms with Crippen molar-refractivity contribution in [2.75, 3.05) is 4.90 Å². The van der Waals surface area contributed by atoms with E-state index in [2.05, 4.69) is 0 Å². The number of halogens is 1. The molecule has 0 radical (unpaired) electrons. The first-order chi connectivity index (χ1) is 9.65. The van der Waals surface area contributed by atoms with E-state index in [4.69, 9.17) is 5.26 Å². The zero-order chi connectivity index (χ0) is 14.3. The monoisotopic (exact) mass is 270 g/mol. The molecule has 0 bridgehead atoms. The molecular weight excluding hydrogens is 259 g/mol. The van der Waals surface area contributed by atoms with E-state index in [1.54, 1.807) is 6.07 Å². The van der Waals surface area contributed by atoms with Crippen molar-refractivity contribution in [3.8, 4) is 6.07 Å². The molecule has 1 aromatic rings. The van der Waals surface area contributed by atoms with Gasteiger partial charge in [-0.15, -0.1) is 0 Å². The molecule has 4 nitrogen and oxygen atoms in total. The van der Waals surface area contributed by atoms with Gasteiger partial charge in [-0.3, -0.25) is 9.59 Å². The Morgan fingerprint density at radius 1 is 1.15 bits per heavy atom. The van der Waals surface area contributed by atoms with Crippen LogP contribution in [0.1, 0.15) is 18.4 Å². The Bertz CT molecular complexity index is 649. The van der Waals surface area contributed by atoms with Crippen LogP contribution in [0.25, 0.3) is 0 Å². The van der Waals surface area contributed by atoms with Gasteiger partial charge in [-0.1, -0.05) is 18.2 Å². The summed E-state index contributed by atoms with van der Waals surface area (Å²) in [6.45, 7) is 0. The first kappa shape index (κ1) is 12.5. The number of nitriles is 1. The van der Waals surface area contributed by atoms with Crippen molar-refractivity contribution in [2.45, 2.75) is 12.8 Å². The molecule has 2 atom stereocenters. The Morgan fingerprint density at radius 2 is 1.75 bits per heavy atom. The van der Waals surface area contributed by atoms with Crippen LogP contribution in [0.5, 0.6) is 0 Å². The molecule has 100 valence electrons. The molecule has 20 heavy (non-hydrogen) atoms. The highest BCUT2D eigenvalue weighted by molar-refractivity contribution is 6.22. The molecule has 1 aromatic carbocycles. The lowest BCUT2D eigenvalue weighted by atomic mass is 9.85. The van der Waals surface area contributed by atoms with E-state index in [1.807, 2.05) is 12.2 Å². The second-order valence-corrected chi connectivity index (χ2v) is 4.91. The summed E-state index contributed by atoms with van der Waals surface area (Å²) >= 11 is 0. The van der Waals surface area contributed by atoms with Crippen LogP contribution in [-0.2, 0) is 9.59 Å². The zero-order valence-corrected chi connectivity index (χ0v) is 10.5. The smallest absolute Gasteiger partial charge is 0.238 e. The maximum absolute atomic E-state index is 13.6. The summed E-state index contributed by atoms with van der Waals surface area (Å²) in [6.07, 6.45) is 4.80. The third-order valence-electron chi connectivity index (χ3n) is 3.85. The molecule has 0 unspecified atom stereocenters. The number of fused-ring (bicyclic) bond motifs is 1. The van der Waals surface area contributed by atoms with E-state index in [0.29, 0.717) is 12.8 Å². The predicted molar refractivity (Wildman–Crippen MR) is 69.0 cm³/mol. The average molecular weight is 270 g/mol. The average Bonchev–Trinajstić information content (AvgIpc) is 2.71. The van der Waals surface area contributed by atoms with Crippen molar-refractivity contribution in [2.24, 2.45) is 11.8 Å². The summed E-state index contributed by atoms with van der Waals surface area (Å²) in [4.78, 5) is 25.7. The number of hydrogen-bond donors (Lipinski definition) is 0. The van der Waals surface area contributed by atoms with Crippen molar-refractivity contribution in [3.63, 3.8) is 0 Å². The largest absolute Gasteiger partial charge is 0.274 e. The SMILES string of the molecule is N#Cc1c(F)cccc1N1C(=O)[C@H]2CC=CC[C@H]2C1=O. The number of carbonyl (C=O) groups excluding carboxylic acids is 2. The second kappa shape index (κ2) is 4.57. The van der Waals surface area contributed by atoms with Crippen LogP contribution in [0.15, 0.2) is 30.4 Å². The lowest BCUT2D eigenvalue weighted by Crippen LogP contribution is -2.31. The van der Waals surface area contributed by atoms with Crippen LogP contribution in [0.4, 0.5) is 10.1 Å². The molecule has 1 aliphatic carbocycles. The number of anilines is 1. The van der Waals surface area contributed by atoms with Gasteiger partial charge in [-0.25, -0.2) is 9.29 Å². The molecule has 2 amide bonds. The fourth-order valence-electron chi connectivity index (χ4n) is 2.85. The molecule has 1 aliphatic heterocycles. The summed E-state index contributed by atoms with van der Waals surface area (Å²) < 4.78 is 13.6. The Labute approximate surface area is 115 Å². The second-order valence-electron chi connectivity index (χ2n) is 4.91. The van der Waals surface area contributed by atoms with Crippen LogP contribution in [0.3, 0.4) is 0 Å². The van der Waals surface area contributed by atoms with Crippen LogP contribution in [-0.4, -0.2) is 11.8 Å². The molecule has 0 saturated carbocycles. The lowest BCUT2D eigenvalue weighted by Gasteiger charge is -2.16. The minimum atomic E-state index is -0.724. The molecule has 0 spiro atoms. The van der Waals surface area contributed by atoms with Crippen LogP contribution in [0, 0.1) is 29.0 Å². The molecule has 1 saturated heterocycles. The summed E-state index contributed by atoms with van der Waals surface area (Å²) in [6, 6.07) is 5.69. The van der Waals surface area contributed by atoms with E-state index in [9.17, 15) is 14.0 Å². The van der Waals surface area contributed by atoms with E-state index in [-0.39, 0.29) is 34.9 Å². The van der Waals surface area contributed by atoms with Crippen LogP contribution < -0.4 is 4.90 Å². The number of amides is 2. The minimum Gasteiger partial charge on any atom is -0.274 e. The van der Waals surface area contributed by atoms with Gasteiger partial charge in [0.1, 0.15) is 17.4 Å². The summed E-state index contributed by atoms with van der Waals surface area (Å²) in [7, 11) is 0. The number of carbonyl (C=O) groups is 2. The fourth-order valence-corrected chi connectivity index (χ4v) is 2.85. The van der Waals surface area contributed by atoms with Gasteiger partial charge in [0.15, 0.2) is 0 Å². The maximum Gasteiger partial charge on any atom is 0.238 e. The van der Waals surface area contributed by atoms with Crippen molar-refractivity contribution in [3.05, 3.63) is 41.7 Å². The topological polar surface area (TPSA) is 61.2 Å². The number of nitrogens with zero attached hydrogens (tertiary/aromatic N) is 2. The molecule has 5 heteroatoms. The first-order valence-electron chi connectivity index (χ1n) is 6.36. The normalized spacial score (nSPS) is 24.7. The van der Waals surface area contributed by atoms with Gasteiger partial charge in [0.2, 0.25) is 11.8 Å². The third kappa shape index (κ3) is 1.65. The number of benzene rings is 1. The van der Waals surface area contributed by atoms with Gasteiger partial charge < -0.3 is 0 Å². The first-order valence-corrected chi connectivity index (χ1v) is 6.36. The quantitative estimate of drug-likeness (QED) is 0.580. The molecule has 0 aromatic heterocycles. The van der Waals surface area contributed by atoms with Crippen LogP contribution >= 0.6 is 0 Å². The highest BCUT2D eigenvalue weighted by atomic mass is 19.1. The maximum atomic E-state index is 13.6. The Kier molecular flexibility index (Phi) is 2.87. The Morgan fingerprint density at radius 3 is 2.30 bits per heavy atom. The molecular formula is C15H11FN2O2. The van der Waals surface area contributed by atoms with E-state index >= 15 is 0 Å². The van der Waals surface area contributed by atoms with Gasteiger partial charge in [-0.2, -0.15) is 5.26 Å².